The van der Waals surface area contributed by atoms with Crippen molar-refractivity contribution in [3.05, 3.63) is 46.8 Å². The van der Waals surface area contributed by atoms with Gasteiger partial charge in [0.15, 0.2) is 9.84 Å². The number of hydrogen-bond donors (Lipinski definition) is 5. The molecule has 2 aromatic rings. The fraction of sp³-hybridized carbons (Fsp3) is 0.588. The van der Waals surface area contributed by atoms with Gasteiger partial charge in [0.05, 0.1) is 35.4 Å². The van der Waals surface area contributed by atoms with Crippen LogP contribution in [0.25, 0.3) is 0 Å². The van der Waals surface area contributed by atoms with E-state index >= 15 is 4.79 Å². The van der Waals surface area contributed by atoms with Gasteiger partial charge in [0.25, 0.3) is 5.91 Å². The van der Waals surface area contributed by atoms with Crippen LogP contribution in [0.1, 0.15) is 116 Å². The number of amides is 5. The number of hydrogen-bond acceptors (Lipinski definition) is 11. The predicted octanol–water partition coefficient (Wildman–Crippen LogP) is -0.282. The monoisotopic (exact) mass is 742 g/mol. The fourth-order valence-corrected chi connectivity index (χ4v) is 9.35. The topological polar surface area (TPSA) is 281 Å². The summed E-state index contributed by atoms with van der Waals surface area (Å²) in [6.07, 6.45) is 5.27. The third-order valence-electron chi connectivity index (χ3n) is 10.7. The van der Waals surface area contributed by atoms with Gasteiger partial charge in [-0.25, -0.2) is 13.1 Å². The maximum Gasteiger partial charge on any atom is 0.287 e. The highest BCUT2D eigenvalue weighted by molar-refractivity contribution is 7.91. The number of primary amides is 3. The molecule has 0 unspecified atom stereocenters. The van der Waals surface area contributed by atoms with E-state index in [-0.39, 0.29) is 42.0 Å². The Labute approximate surface area is 300 Å². The number of rotatable bonds is 12. The Hall–Kier alpha value is -4.71. The molecule has 0 bridgehead atoms. The van der Waals surface area contributed by atoms with Crippen LogP contribution in [-0.4, -0.2) is 98.4 Å². The molecule has 282 valence electrons. The van der Waals surface area contributed by atoms with Crippen LogP contribution in [0, 0.1) is 5.92 Å². The summed E-state index contributed by atoms with van der Waals surface area (Å²) < 4.78 is 26.1. The number of likely N-dealkylation sites (tertiary alicyclic amines) is 1. The molecular formula is C34H46N8O9S. The lowest BCUT2D eigenvalue weighted by atomic mass is 9.78. The van der Waals surface area contributed by atoms with Crippen molar-refractivity contribution in [2.24, 2.45) is 23.1 Å². The molecule has 17 nitrogen and oxygen atoms in total. The van der Waals surface area contributed by atoms with Crippen molar-refractivity contribution in [3.8, 4) is 0 Å². The molecule has 2 saturated heterocycles. The van der Waals surface area contributed by atoms with E-state index < -0.39 is 98.6 Å². The van der Waals surface area contributed by atoms with Gasteiger partial charge in [-0.15, -0.1) is 5.10 Å². The van der Waals surface area contributed by atoms with Crippen molar-refractivity contribution in [2.45, 2.75) is 101 Å². The number of sulfone groups is 1. The van der Waals surface area contributed by atoms with E-state index in [1.807, 2.05) is 0 Å². The molecule has 52 heavy (non-hydrogen) atoms. The zero-order valence-electron chi connectivity index (χ0n) is 29.2. The van der Waals surface area contributed by atoms with E-state index in [4.69, 9.17) is 17.2 Å². The summed E-state index contributed by atoms with van der Waals surface area (Å²) in [5, 5.41) is 21.6. The summed E-state index contributed by atoms with van der Waals surface area (Å²) in [6, 6.07) is 2.04. The van der Waals surface area contributed by atoms with Crippen LogP contribution in [-0.2, 0) is 34.6 Å². The molecule has 5 amide bonds. The van der Waals surface area contributed by atoms with E-state index in [1.165, 1.54) is 47.8 Å². The molecule has 18 heteroatoms. The Bertz CT molecular complexity index is 1870. The normalized spacial score (nSPS) is 22.3. The van der Waals surface area contributed by atoms with E-state index in [1.54, 1.807) is 0 Å². The Balaban J connectivity index is 1.60. The minimum absolute atomic E-state index is 0.00548. The van der Waals surface area contributed by atoms with Gasteiger partial charge in [-0.05, 0) is 62.8 Å². The second-order valence-electron chi connectivity index (χ2n) is 14.8. The van der Waals surface area contributed by atoms with Gasteiger partial charge in [0, 0.05) is 24.1 Å². The molecule has 0 radical (unpaired) electrons. The lowest BCUT2D eigenvalue weighted by molar-refractivity contribution is -0.145. The zero-order valence-corrected chi connectivity index (χ0v) is 30.1. The molecule has 3 heterocycles. The van der Waals surface area contributed by atoms with Crippen LogP contribution in [0.4, 0.5) is 0 Å². The molecule has 1 aliphatic carbocycles. The number of carbonyl (C=O) groups excluding carboxylic acids is 6. The molecule has 0 spiro atoms. The highest BCUT2D eigenvalue weighted by atomic mass is 32.2. The lowest BCUT2D eigenvalue weighted by Gasteiger charge is -2.37. The maximum atomic E-state index is 15.0. The summed E-state index contributed by atoms with van der Waals surface area (Å²) in [5.74, 6) is -7.52. The zero-order chi connectivity index (χ0) is 38.2. The standard InChI is InChI=1S/C34H46N8O9S/c1-33(2,49)26-17-38-40-42(26)21-16-25(31(47)39-34(27(43)30(37)46)10-12-52(50,51)13-11-34)41(18-21)32(48)24(14-19-6-4-3-5-7-19)23-15-20(28(35)44)8-9-22(23)29(36)45/h8-9,15,17,19,21,24-25,49H,3-7,10-14,16,18H2,1-2H3,(H2,35,44)(H2,36,45)(H2,37,46)(H,39,47)/t21-,24+,25-/m0/s1. The van der Waals surface area contributed by atoms with Crippen LogP contribution >= 0.6 is 0 Å². The average Bonchev–Trinajstić information content (AvgIpc) is 3.76. The van der Waals surface area contributed by atoms with E-state index in [2.05, 4.69) is 15.6 Å². The third kappa shape index (κ3) is 8.01. The maximum absolute atomic E-state index is 15.0. The molecule has 1 saturated carbocycles. The van der Waals surface area contributed by atoms with Crippen molar-refractivity contribution in [3.63, 3.8) is 0 Å². The largest absolute Gasteiger partial charge is 0.384 e. The first-order chi connectivity index (χ1) is 24.3. The minimum Gasteiger partial charge on any atom is -0.384 e. The Morgan fingerprint density at radius 3 is 2.25 bits per heavy atom. The number of aromatic nitrogens is 3. The summed E-state index contributed by atoms with van der Waals surface area (Å²) in [7, 11) is -3.56. The second kappa shape index (κ2) is 14.7. The van der Waals surface area contributed by atoms with Crippen molar-refractivity contribution in [1.82, 2.24) is 25.2 Å². The molecule has 3 fully saturated rings. The van der Waals surface area contributed by atoms with Gasteiger partial charge >= 0.3 is 0 Å². The summed E-state index contributed by atoms with van der Waals surface area (Å²) in [4.78, 5) is 81.2. The first kappa shape index (κ1) is 38.5. The molecule has 1 aromatic carbocycles. The molecule has 3 aliphatic rings. The van der Waals surface area contributed by atoms with Gasteiger partial charge in [-0.2, -0.15) is 0 Å². The van der Waals surface area contributed by atoms with Crippen LogP contribution in [0.3, 0.4) is 0 Å². The van der Waals surface area contributed by atoms with E-state index in [9.17, 15) is 37.5 Å². The number of benzene rings is 1. The number of ketones is 1. The summed E-state index contributed by atoms with van der Waals surface area (Å²) in [6.45, 7) is 2.92. The molecule has 8 N–H and O–H groups in total. The second-order valence-corrected chi connectivity index (χ2v) is 17.1. The quantitative estimate of drug-likeness (QED) is 0.176. The number of nitrogens with one attached hydrogen (secondary N) is 1. The Kier molecular flexibility index (Phi) is 10.9. The van der Waals surface area contributed by atoms with Gasteiger partial charge < -0.3 is 32.5 Å². The first-order valence-corrected chi connectivity index (χ1v) is 19.2. The van der Waals surface area contributed by atoms with Crippen molar-refractivity contribution < 1.29 is 42.3 Å². The van der Waals surface area contributed by atoms with E-state index in [0.29, 0.717) is 5.69 Å². The van der Waals surface area contributed by atoms with Gasteiger partial charge in [0.2, 0.25) is 29.4 Å². The van der Waals surface area contributed by atoms with E-state index in [0.717, 1.165) is 32.1 Å². The summed E-state index contributed by atoms with van der Waals surface area (Å²) >= 11 is 0. The SMILES string of the molecule is CC(C)(O)c1cnnn1[C@H]1C[C@@H](C(=O)NC2(C(=O)C(N)=O)CCS(=O)(=O)CC2)N(C(=O)[C@H](CC2CCCCC2)c2cc(C(N)=O)ccc2C(N)=O)C1. The van der Waals surface area contributed by atoms with Crippen LogP contribution in [0.15, 0.2) is 24.4 Å². The average molecular weight is 743 g/mol. The van der Waals surface area contributed by atoms with Crippen molar-refractivity contribution in [2.75, 3.05) is 18.1 Å². The van der Waals surface area contributed by atoms with Gasteiger partial charge in [-0.1, -0.05) is 37.3 Å². The van der Waals surface area contributed by atoms with Crippen LogP contribution in [0.2, 0.25) is 0 Å². The lowest BCUT2D eigenvalue weighted by Crippen LogP contribution is -2.64. The Morgan fingerprint density at radius 2 is 1.67 bits per heavy atom. The van der Waals surface area contributed by atoms with Crippen molar-refractivity contribution >= 4 is 45.2 Å². The van der Waals surface area contributed by atoms with Gasteiger partial charge in [0.1, 0.15) is 17.2 Å². The highest BCUT2D eigenvalue weighted by Crippen LogP contribution is 2.39. The third-order valence-corrected chi connectivity index (χ3v) is 12.3. The molecule has 3 atom stereocenters. The Morgan fingerprint density at radius 1 is 1.02 bits per heavy atom. The smallest absolute Gasteiger partial charge is 0.287 e. The van der Waals surface area contributed by atoms with Crippen LogP contribution in [0.5, 0.6) is 0 Å². The number of aliphatic hydroxyl groups is 1. The summed E-state index contributed by atoms with van der Waals surface area (Å²) in [5.41, 5.74) is 13.9. The van der Waals surface area contributed by atoms with Crippen LogP contribution < -0.4 is 22.5 Å². The molecule has 1 aromatic heterocycles. The number of nitrogens with two attached hydrogens (primary N) is 3. The van der Waals surface area contributed by atoms with Crippen molar-refractivity contribution in [1.29, 1.82) is 0 Å². The fourth-order valence-electron chi connectivity index (χ4n) is 7.83. The number of carbonyl (C=O) groups is 6. The molecule has 2 aliphatic heterocycles. The predicted molar refractivity (Wildman–Crippen MR) is 185 cm³/mol. The highest BCUT2D eigenvalue weighted by Gasteiger charge is 2.51. The first-order valence-electron chi connectivity index (χ1n) is 17.4. The molecule has 5 rings (SSSR count). The number of nitrogens with zero attached hydrogens (tertiary/aromatic N) is 4. The van der Waals surface area contributed by atoms with Gasteiger partial charge in [-0.3, -0.25) is 28.8 Å². The molecular weight excluding hydrogens is 696 g/mol. The number of Topliss-reactive ketones (excluding diaryl/α,β-unsaturated/α-hetero) is 1. The minimum atomic E-state index is -3.56.